The Morgan fingerprint density at radius 3 is 2.90 bits per heavy atom. The lowest BCUT2D eigenvalue weighted by Gasteiger charge is -1.96. The van der Waals surface area contributed by atoms with Crippen LogP contribution in [0.25, 0.3) is 0 Å². The van der Waals surface area contributed by atoms with Crippen LogP contribution in [0.2, 0.25) is 0 Å². The number of alkyl halides is 1. The largest absolute Gasteiger partial charge is 0.354 e. The molecule has 1 N–H and O–H groups in total. The van der Waals surface area contributed by atoms with Crippen molar-refractivity contribution in [2.45, 2.75) is 13.3 Å². The predicted molar refractivity (Wildman–Crippen MR) is 44.9 cm³/mol. The summed E-state index contributed by atoms with van der Waals surface area (Å²) in [6.45, 7) is 2.43. The van der Waals surface area contributed by atoms with Crippen LogP contribution in [0.4, 0.5) is 0 Å². The Labute approximate surface area is 69.5 Å². The summed E-state index contributed by atoms with van der Waals surface area (Å²) in [5, 5.41) is 3.05. The zero-order valence-electron chi connectivity index (χ0n) is 5.91. The lowest BCUT2D eigenvalue weighted by molar-refractivity contribution is -0.118. The molecule has 3 heteroatoms. The van der Waals surface area contributed by atoms with Crippen molar-refractivity contribution in [3.8, 4) is 11.8 Å². The lowest BCUT2D eigenvalue weighted by atomic mass is 10.4. The fourth-order valence-corrected chi connectivity index (χ4v) is 0.635. The molecule has 0 fully saturated rings. The van der Waals surface area contributed by atoms with Crippen molar-refractivity contribution >= 4 is 21.8 Å². The third-order valence-electron chi connectivity index (χ3n) is 0.870. The molecular formula is C7H10BrNO. The van der Waals surface area contributed by atoms with Gasteiger partial charge in [0.05, 0.1) is 5.33 Å². The van der Waals surface area contributed by atoms with Gasteiger partial charge in [-0.1, -0.05) is 15.9 Å². The van der Waals surface area contributed by atoms with Gasteiger partial charge >= 0.3 is 0 Å². The zero-order chi connectivity index (χ0) is 7.82. The lowest BCUT2D eigenvalue weighted by Crippen LogP contribution is -2.24. The summed E-state index contributed by atoms with van der Waals surface area (Å²) >= 11 is 3.04. The van der Waals surface area contributed by atoms with Crippen LogP contribution in [0, 0.1) is 11.8 Å². The van der Waals surface area contributed by atoms with Crippen molar-refractivity contribution in [3.63, 3.8) is 0 Å². The molecule has 0 aromatic carbocycles. The summed E-state index contributed by atoms with van der Waals surface area (Å²) in [4.78, 5) is 10.6. The van der Waals surface area contributed by atoms with E-state index in [-0.39, 0.29) is 5.91 Å². The number of carbonyl (C=O) groups is 1. The van der Waals surface area contributed by atoms with Gasteiger partial charge in [-0.25, -0.2) is 0 Å². The molecule has 10 heavy (non-hydrogen) atoms. The van der Waals surface area contributed by atoms with Crippen LogP contribution in [-0.2, 0) is 4.79 Å². The fourth-order valence-electron chi connectivity index (χ4n) is 0.437. The van der Waals surface area contributed by atoms with E-state index >= 15 is 0 Å². The maximum absolute atomic E-state index is 10.6. The summed E-state index contributed by atoms with van der Waals surface area (Å²) < 4.78 is 0. The summed E-state index contributed by atoms with van der Waals surface area (Å²) in [6, 6.07) is 0. The van der Waals surface area contributed by atoms with Gasteiger partial charge in [0.2, 0.25) is 5.91 Å². The van der Waals surface area contributed by atoms with Crippen LogP contribution in [0.1, 0.15) is 13.3 Å². The minimum absolute atomic E-state index is 0.0119. The molecule has 0 aromatic rings. The van der Waals surface area contributed by atoms with Crippen molar-refractivity contribution in [1.29, 1.82) is 0 Å². The smallest absolute Gasteiger partial charge is 0.230 e. The first-order chi connectivity index (χ1) is 4.81. The summed E-state index contributed by atoms with van der Waals surface area (Å²) in [5.41, 5.74) is 0. The normalized spacial score (nSPS) is 7.80. The topological polar surface area (TPSA) is 29.1 Å². The van der Waals surface area contributed by atoms with Gasteiger partial charge in [-0.05, 0) is 6.92 Å². The molecule has 0 radical (unpaired) electrons. The minimum atomic E-state index is 0.0119. The molecule has 0 aliphatic carbocycles. The van der Waals surface area contributed by atoms with Gasteiger partial charge in [-0.2, -0.15) is 0 Å². The molecule has 0 rings (SSSR count). The van der Waals surface area contributed by atoms with Crippen LogP contribution in [0.15, 0.2) is 0 Å². The molecule has 0 atom stereocenters. The maximum Gasteiger partial charge on any atom is 0.230 e. The van der Waals surface area contributed by atoms with E-state index in [9.17, 15) is 4.79 Å². The van der Waals surface area contributed by atoms with Crippen LogP contribution >= 0.6 is 15.9 Å². The molecule has 0 heterocycles. The second-order valence-electron chi connectivity index (χ2n) is 1.66. The summed E-state index contributed by atoms with van der Waals surface area (Å²) in [6.07, 6.45) is 0.731. The van der Waals surface area contributed by atoms with Crippen LogP contribution < -0.4 is 5.32 Å². The van der Waals surface area contributed by atoms with Crippen LogP contribution in [0.5, 0.6) is 0 Å². The number of rotatable bonds is 3. The molecule has 0 saturated carbocycles. The van der Waals surface area contributed by atoms with Crippen molar-refractivity contribution in [3.05, 3.63) is 0 Å². The molecule has 0 bridgehead atoms. The van der Waals surface area contributed by atoms with Gasteiger partial charge in [0.15, 0.2) is 0 Å². The van der Waals surface area contributed by atoms with E-state index in [1.165, 1.54) is 0 Å². The maximum atomic E-state index is 10.6. The third kappa shape index (κ3) is 5.64. The number of halogens is 1. The molecule has 0 aromatic heterocycles. The monoisotopic (exact) mass is 203 g/mol. The Bertz CT molecular complexity index is 157. The third-order valence-corrected chi connectivity index (χ3v) is 1.38. The second-order valence-corrected chi connectivity index (χ2v) is 2.22. The highest BCUT2D eigenvalue weighted by Crippen LogP contribution is 1.78. The number of amides is 1. The molecule has 56 valence electrons. The number of nitrogens with one attached hydrogen (secondary N) is 1. The molecular weight excluding hydrogens is 194 g/mol. The van der Waals surface area contributed by atoms with E-state index in [0.717, 1.165) is 6.42 Å². The molecule has 1 amide bonds. The van der Waals surface area contributed by atoms with Crippen molar-refractivity contribution in [2.75, 3.05) is 11.9 Å². The first kappa shape index (κ1) is 9.51. The van der Waals surface area contributed by atoms with Crippen molar-refractivity contribution in [2.24, 2.45) is 0 Å². The van der Waals surface area contributed by atoms with E-state index in [0.29, 0.717) is 11.9 Å². The number of hydrogen-bond acceptors (Lipinski definition) is 1. The van der Waals surface area contributed by atoms with Gasteiger partial charge < -0.3 is 5.32 Å². The Balaban J connectivity index is 3.17. The van der Waals surface area contributed by atoms with Gasteiger partial charge in [-0.3, -0.25) is 4.79 Å². The predicted octanol–water partition coefficient (Wildman–Crippen LogP) is 0.911. The average molecular weight is 204 g/mol. The van der Waals surface area contributed by atoms with Crippen LogP contribution in [0.3, 0.4) is 0 Å². The van der Waals surface area contributed by atoms with E-state index < -0.39 is 0 Å². The van der Waals surface area contributed by atoms with Gasteiger partial charge in [0.1, 0.15) is 0 Å². The Morgan fingerprint density at radius 2 is 2.40 bits per heavy atom. The number of carbonyl (C=O) groups excluding carboxylic acids is 1. The molecule has 0 aliphatic heterocycles. The summed E-state index contributed by atoms with van der Waals surface area (Å²) in [7, 11) is 0. The van der Waals surface area contributed by atoms with E-state index in [1.807, 2.05) is 0 Å². The van der Waals surface area contributed by atoms with E-state index in [2.05, 4.69) is 33.1 Å². The highest BCUT2D eigenvalue weighted by molar-refractivity contribution is 9.09. The molecule has 2 nitrogen and oxygen atoms in total. The van der Waals surface area contributed by atoms with Crippen molar-refractivity contribution in [1.82, 2.24) is 5.32 Å². The SMILES string of the molecule is CC#CCCNC(=O)CBr. The minimum Gasteiger partial charge on any atom is -0.354 e. The van der Waals surface area contributed by atoms with Gasteiger partial charge in [0.25, 0.3) is 0 Å². The number of hydrogen-bond donors (Lipinski definition) is 1. The Kier molecular flexibility index (Phi) is 6.30. The Hall–Kier alpha value is -0.490. The van der Waals surface area contributed by atoms with E-state index in [1.54, 1.807) is 6.92 Å². The quantitative estimate of drug-likeness (QED) is 0.413. The highest BCUT2D eigenvalue weighted by atomic mass is 79.9. The van der Waals surface area contributed by atoms with Gasteiger partial charge in [-0.15, -0.1) is 11.8 Å². The van der Waals surface area contributed by atoms with E-state index in [4.69, 9.17) is 0 Å². The molecule has 0 unspecified atom stereocenters. The second kappa shape index (κ2) is 6.63. The van der Waals surface area contributed by atoms with Gasteiger partial charge in [0, 0.05) is 13.0 Å². The first-order valence-electron chi connectivity index (χ1n) is 3.03. The molecule has 0 aliphatic rings. The zero-order valence-corrected chi connectivity index (χ0v) is 7.49. The van der Waals surface area contributed by atoms with Crippen LogP contribution in [-0.4, -0.2) is 17.8 Å². The standard InChI is InChI=1S/C7H10BrNO/c1-2-3-4-5-9-7(10)6-8/h4-6H2,1H3,(H,9,10). The first-order valence-corrected chi connectivity index (χ1v) is 4.15. The highest BCUT2D eigenvalue weighted by Gasteiger charge is 1.92. The summed E-state index contributed by atoms with van der Waals surface area (Å²) in [5.74, 6) is 5.61. The Morgan fingerprint density at radius 1 is 1.70 bits per heavy atom. The molecule has 0 spiro atoms. The average Bonchev–Trinajstić information content (AvgIpc) is 1.98. The fraction of sp³-hybridized carbons (Fsp3) is 0.571. The molecule has 0 saturated heterocycles. The van der Waals surface area contributed by atoms with Crippen molar-refractivity contribution < 1.29 is 4.79 Å².